The zero-order chi connectivity index (χ0) is 19.6. The summed E-state index contributed by atoms with van der Waals surface area (Å²) in [5, 5.41) is 15.4. The van der Waals surface area contributed by atoms with Crippen molar-refractivity contribution in [2.45, 2.75) is 36.7 Å². The van der Waals surface area contributed by atoms with Crippen LogP contribution in [0.5, 0.6) is 0 Å². The van der Waals surface area contributed by atoms with Crippen molar-refractivity contribution in [1.82, 2.24) is 15.5 Å². The number of benzene rings is 2. The van der Waals surface area contributed by atoms with E-state index in [2.05, 4.69) is 45.1 Å². The van der Waals surface area contributed by atoms with E-state index in [4.69, 9.17) is 0 Å². The average Bonchev–Trinajstić information content (AvgIpc) is 3.19. The lowest BCUT2D eigenvalue weighted by molar-refractivity contribution is -0.119. The number of nitrogens with zero attached hydrogens (tertiary/aromatic N) is 2. The summed E-state index contributed by atoms with van der Waals surface area (Å²) in [6.07, 6.45) is 1.88. The predicted molar refractivity (Wildman–Crippen MR) is 117 cm³/mol. The molecule has 0 saturated carbocycles. The Morgan fingerprint density at radius 2 is 1.71 bits per heavy atom. The lowest BCUT2D eigenvalue weighted by atomic mass is 10.1. The highest BCUT2D eigenvalue weighted by Crippen LogP contribution is 2.25. The van der Waals surface area contributed by atoms with Crippen molar-refractivity contribution in [1.29, 1.82) is 0 Å². The third-order valence-corrected chi connectivity index (χ3v) is 6.15. The summed E-state index contributed by atoms with van der Waals surface area (Å²) in [7, 11) is 0. The molecule has 0 radical (unpaired) electrons. The zero-order valence-corrected chi connectivity index (χ0v) is 17.4. The molecule has 3 aromatic rings. The lowest BCUT2D eigenvalue weighted by Gasteiger charge is -2.13. The van der Waals surface area contributed by atoms with Crippen molar-refractivity contribution in [2.75, 3.05) is 11.1 Å². The van der Waals surface area contributed by atoms with E-state index < -0.39 is 0 Å². The second kappa shape index (κ2) is 10.8. The number of carbonyl (C=O) groups excluding carboxylic acids is 1. The first-order valence-electron chi connectivity index (χ1n) is 9.26. The molecule has 28 heavy (non-hydrogen) atoms. The topological polar surface area (TPSA) is 66.9 Å². The van der Waals surface area contributed by atoms with Crippen LogP contribution in [0.15, 0.2) is 65.0 Å². The van der Waals surface area contributed by atoms with Crippen LogP contribution in [-0.2, 0) is 17.8 Å². The minimum absolute atomic E-state index is 0.0274. The lowest BCUT2D eigenvalue weighted by Crippen LogP contribution is -2.34. The maximum atomic E-state index is 12.2. The molecule has 0 aliphatic rings. The molecule has 0 bridgehead atoms. The van der Waals surface area contributed by atoms with Gasteiger partial charge in [-0.3, -0.25) is 4.79 Å². The number of nitrogens with one attached hydrogen (secondary N) is 2. The molecule has 0 saturated heterocycles. The monoisotopic (exact) mass is 412 g/mol. The van der Waals surface area contributed by atoms with E-state index >= 15 is 0 Å². The molecule has 3 rings (SSSR count). The van der Waals surface area contributed by atoms with Crippen molar-refractivity contribution in [3.05, 3.63) is 71.8 Å². The number of aryl methyl sites for hydroxylation is 1. The van der Waals surface area contributed by atoms with Crippen molar-refractivity contribution in [3.8, 4) is 0 Å². The first kappa shape index (κ1) is 20.4. The van der Waals surface area contributed by atoms with Gasteiger partial charge in [0.1, 0.15) is 0 Å². The number of hydrogen-bond acceptors (Lipinski definition) is 6. The molecule has 2 aromatic carbocycles. The van der Waals surface area contributed by atoms with E-state index in [0.29, 0.717) is 12.3 Å². The van der Waals surface area contributed by atoms with Gasteiger partial charge in [0.25, 0.3) is 0 Å². The second-order valence-corrected chi connectivity index (χ2v) is 8.69. The fourth-order valence-electron chi connectivity index (χ4n) is 2.66. The molecule has 0 aliphatic carbocycles. The number of amides is 1. The van der Waals surface area contributed by atoms with E-state index in [1.54, 1.807) is 0 Å². The largest absolute Gasteiger partial charge is 0.356 e. The van der Waals surface area contributed by atoms with Gasteiger partial charge in [-0.05, 0) is 30.9 Å². The predicted octanol–water partition coefficient (Wildman–Crippen LogP) is 4.38. The molecular weight excluding hydrogens is 388 g/mol. The number of aromatic nitrogens is 2. The summed E-state index contributed by atoms with van der Waals surface area (Å²) in [4.78, 5) is 12.2. The molecule has 0 spiro atoms. The molecule has 0 fully saturated rings. The fourth-order valence-corrected chi connectivity index (χ4v) is 4.22. The van der Waals surface area contributed by atoms with Crippen molar-refractivity contribution < 1.29 is 4.79 Å². The minimum Gasteiger partial charge on any atom is -0.356 e. The van der Waals surface area contributed by atoms with E-state index in [1.807, 2.05) is 43.3 Å². The summed E-state index contributed by atoms with van der Waals surface area (Å²) in [6.45, 7) is 2.75. The minimum atomic E-state index is 0.0274. The Kier molecular flexibility index (Phi) is 7.87. The summed E-state index contributed by atoms with van der Waals surface area (Å²) in [6, 6.07) is 20.6. The average molecular weight is 413 g/mol. The van der Waals surface area contributed by atoms with Crippen molar-refractivity contribution in [2.24, 2.45) is 0 Å². The van der Waals surface area contributed by atoms with Crippen LogP contribution in [0, 0.1) is 0 Å². The van der Waals surface area contributed by atoms with Gasteiger partial charge in [-0.25, -0.2) is 0 Å². The van der Waals surface area contributed by atoms with Crippen molar-refractivity contribution in [3.63, 3.8) is 0 Å². The Morgan fingerprint density at radius 3 is 2.43 bits per heavy atom. The number of hydrogen-bond donors (Lipinski definition) is 2. The van der Waals surface area contributed by atoms with Crippen LogP contribution in [0.3, 0.4) is 0 Å². The molecule has 5 nitrogen and oxygen atoms in total. The summed E-state index contributed by atoms with van der Waals surface area (Å²) < 4.78 is 0.794. The fraction of sp³-hybridized carbons (Fsp3) is 0.286. The summed E-state index contributed by atoms with van der Waals surface area (Å²) >= 11 is 2.89. The Bertz CT molecular complexity index is 855. The smallest absolute Gasteiger partial charge is 0.230 e. The quantitative estimate of drug-likeness (QED) is 0.484. The first-order valence-corrected chi connectivity index (χ1v) is 11.1. The zero-order valence-electron chi connectivity index (χ0n) is 15.8. The van der Waals surface area contributed by atoms with Gasteiger partial charge in [0.05, 0.1) is 5.75 Å². The molecule has 0 aliphatic heterocycles. The molecule has 1 heterocycles. The highest BCUT2D eigenvalue weighted by Gasteiger charge is 2.11. The van der Waals surface area contributed by atoms with Crippen LogP contribution in [0.2, 0.25) is 0 Å². The van der Waals surface area contributed by atoms with Crippen LogP contribution in [0.25, 0.3) is 0 Å². The molecule has 1 atom stereocenters. The van der Waals surface area contributed by atoms with E-state index in [9.17, 15) is 4.79 Å². The van der Waals surface area contributed by atoms with Gasteiger partial charge in [0, 0.05) is 12.6 Å². The summed E-state index contributed by atoms with van der Waals surface area (Å²) in [5.74, 6) is 0.378. The molecule has 146 valence electrons. The Hall–Kier alpha value is -2.38. The van der Waals surface area contributed by atoms with Crippen LogP contribution in [-0.4, -0.2) is 27.9 Å². The highest BCUT2D eigenvalue weighted by atomic mass is 32.2. The van der Waals surface area contributed by atoms with Crippen LogP contribution >= 0.6 is 23.1 Å². The van der Waals surface area contributed by atoms with Crippen LogP contribution in [0.4, 0.5) is 5.13 Å². The van der Waals surface area contributed by atoms with E-state index in [-0.39, 0.29) is 11.9 Å². The Balaban J connectivity index is 1.35. The van der Waals surface area contributed by atoms with Gasteiger partial charge >= 0.3 is 0 Å². The Morgan fingerprint density at radius 1 is 1.04 bits per heavy atom. The van der Waals surface area contributed by atoms with Crippen molar-refractivity contribution >= 4 is 34.1 Å². The summed E-state index contributed by atoms with van der Waals surface area (Å²) in [5.41, 5.74) is 2.48. The second-order valence-electron chi connectivity index (χ2n) is 6.49. The van der Waals surface area contributed by atoms with Gasteiger partial charge in [0.2, 0.25) is 11.0 Å². The first-order chi connectivity index (χ1) is 13.7. The number of carbonyl (C=O) groups is 1. The third kappa shape index (κ3) is 6.98. The molecule has 7 heteroatoms. The van der Waals surface area contributed by atoms with Gasteiger partial charge in [0.15, 0.2) is 4.34 Å². The van der Waals surface area contributed by atoms with Gasteiger partial charge < -0.3 is 10.6 Å². The number of anilines is 1. The maximum absolute atomic E-state index is 12.2. The number of rotatable bonds is 10. The van der Waals surface area contributed by atoms with E-state index in [1.165, 1.54) is 34.2 Å². The van der Waals surface area contributed by atoms with Gasteiger partial charge in [-0.1, -0.05) is 83.8 Å². The molecule has 1 aromatic heterocycles. The molecule has 1 amide bonds. The Labute approximate surface area is 174 Å². The SMILES string of the molecule is CC(CCc1ccccc1)NC(=O)CSc1nnc(NCc2ccccc2)s1. The highest BCUT2D eigenvalue weighted by molar-refractivity contribution is 8.01. The van der Waals surface area contributed by atoms with Crippen LogP contribution < -0.4 is 10.6 Å². The van der Waals surface area contributed by atoms with Crippen LogP contribution in [0.1, 0.15) is 24.5 Å². The normalized spacial score (nSPS) is 11.8. The standard InChI is InChI=1S/C21H24N4OS2/c1-16(12-13-17-8-4-2-5-9-17)23-19(26)15-27-21-25-24-20(28-21)22-14-18-10-6-3-7-11-18/h2-11,16H,12-15H2,1H3,(H,22,24)(H,23,26). The van der Waals surface area contributed by atoms with E-state index in [0.717, 1.165) is 22.3 Å². The van der Waals surface area contributed by atoms with Gasteiger partial charge in [-0.15, -0.1) is 10.2 Å². The third-order valence-electron chi connectivity index (χ3n) is 4.14. The van der Waals surface area contributed by atoms with Gasteiger partial charge in [-0.2, -0.15) is 0 Å². The molecular formula is C21H24N4OS2. The number of thioether (sulfide) groups is 1. The molecule has 1 unspecified atom stereocenters. The molecule has 2 N–H and O–H groups in total. The maximum Gasteiger partial charge on any atom is 0.230 e.